The zero-order valence-electron chi connectivity index (χ0n) is 10.1. The fourth-order valence-corrected chi connectivity index (χ4v) is 1.51. The average molecular weight is 223 g/mol. The standard InChI is InChI=1S/C12H17NO3/c1-8-11(15-3)5-9(6-12(8)16-4)10(14)7-13-2/h5-6,13H,7H2,1-4H3. The van der Waals surface area contributed by atoms with Crippen LogP contribution in [-0.2, 0) is 0 Å². The highest BCUT2D eigenvalue weighted by Gasteiger charge is 2.12. The quantitative estimate of drug-likeness (QED) is 0.767. The van der Waals surface area contributed by atoms with Crippen molar-refractivity contribution in [2.75, 3.05) is 27.8 Å². The summed E-state index contributed by atoms with van der Waals surface area (Å²) in [5.41, 5.74) is 1.49. The second-order valence-electron chi connectivity index (χ2n) is 3.46. The van der Waals surface area contributed by atoms with Crippen molar-refractivity contribution in [1.82, 2.24) is 5.32 Å². The van der Waals surface area contributed by atoms with E-state index in [0.29, 0.717) is 23.6 Å². The normalized spacial score (nSPS) is 10.0. The molecule has 0 bridgehead atoms. The van der Waals surface area contributed by atoms with Crippen LogP contribution in [0.5, 0.6) is 11.5 Å². The molecule has 0 amide bonds. The first-order valence-electron chi connectivity index (χ1n) is 5.04. The summed E-state index contributed by atoms with van der Waals surface area (Å²) < 4.78 is 10.4. The number of ether oxygens (including phenoxy) is 2. The first kappa shape index (κ1) is 12.5. The van der Waals surface area contributed by atoms with Gasteiger partial charge in [0.05, 0.1) is 20.8 Å². The number of likely N-dealkylation sites (N-methyl/N-ethyl adjacent to an activating group) is 1. The fraction of sp³-hybridized carbons (Fsp3) is 0.417. The molecule has 0 aromatic heterocycles. The van der Waals surface area contributed by atoms with Crippen molar-refractivity contribution in [3.63, 3.8) is 0 Å². The van der Waals surface area contributed by atoms with E-state index < -0.39 is 0 Å². The van der Waals surface area contributed by atoms with Crippen molar-refractivity contribution >= 4 is 5.78 Å². The molecular weight excluding hydrogens is 206 g/mol. The van der Waals surface area contributed by atoms with Crippen molar-refractivity contribution in [2.45, 2.75) is 6.92 Å². The number of nitrogens with one attached hydrogen (secondary N) is 1. The number of benzene rings is 1. The molecule has 0 aliphatic carbocycles. The second-order valence-corrected chi connectivity index (χ2v) is 3.46. The Kier molecular flexibility index (Phi) is 4.31. The van der Waals surface area contributed by atoms with Gasteiger partial charge in [-0.3, -0.25) is 4.79 Å². The molecule has 0 saturated carbocycles. The third-order valence-corrected chi connectivity index (χ3v) is 2.41. The maximum atomic E-state index is 11.7. The molecule has 16 heavy (non-hydrogen) atoms. The first-order valence-corrected chi connectivity index (χ1v) is 5.04. The van der Waals surface area contributed by atoms with Crippen LogP contribution in [0.2, 0.25) is 0 Å². The van der Waals surface area contributed by atoms with Crippen LogP contribution in [0, 0.1) is 6.92 Å². The highest BCUT2D eigenvalue weighted by atomic mass is 16.5. The zero-order valence-corrected chi connectivity index (χ0v) is 10.1. The third-order valence-electron chi connectivity index (χ3n) is 2.41. The number of hydrogen-bond acceptors (Lipinski definition) is 4. The summed E-state index contributed by atoms with van der Waals surface area (Å²) in [6, 6.07) is 3.47. The van der Waals surface area contributed by atoms with E-state index in [1.54, 1.807) is 33.4 Å². The number of carbonyl (C=O) groups excluding carboxylic acids is 1. The van der Waals surface area contributed by atoms with Crippen LogP contribution in [0.4, 0.5) is 0 Å². The third kappa shape index (κ3) is 2.52. The minimum atomic E-state index is 0.0131. The van der Waals surface area contributed by atoms with Gasteiger partial charge in [0, 0.05) is 11.1 Å². The van der Waals surface area contributed by atoms with Crippen molar-refractivity contribution in [3.05, 3.63) is 23.3 Å². The van der Waals surface area contributed by atoms with Gasteiger partial charge in [0.2, 0.25) is 0 Å². The van der Waals surface area contributed by atoms with Gasteiger partial charge in [-0.1, -0.05) is 0 Å². The lowest BCUT2D eigenvalue weighted by atomic mass is 10.1. The highest BCUT2D eigenvalue weighted by molar-refractivity contribution is 5.98. The number of rotatable bonds is 5. The lowest BCUT2D eigenvalue weighted by Gasteiger charge is -2.11. The summed E-state index contributed by atoms with van der Waals surface area (Å²) in [7, 11) is 4.89. The van der Waals surface area contributed by atoms with Crippen LogP contribution in [0.15, 0.2) is 12.1 Å². The molecule has 4 nitrogen and oxygen atoms in total. The molecule has 1 aromatic rings. The number of ketones is 1. The van der Waals surface area contributed by atoms with Gasteiger partial charge >= 0.3 is 0 Å². The van der Waals surface area contributed by atoms with E-state index in [1.807, 2.05) is 6.92 Å². The molecular formula is C12H17NO3. The van der Waals surface area contributed by atoms with Crippen LogP contribution in [0.3, 0.4) is 0 Å². The Hall–Kier alpha value is -1.55. The summed E-state index contributed by atoms with van der Waals surface area (Å²) in [6.07, 6.45) is 0. The van der Waals surface area contributed by atoms with Gasteiger partial charge in [0.25, 0.3) is 0 Å². The fourth-order valence-electron chi connectivity index (χ4n) is 1.51. The summed E-state index contributed by atoms with van der Waals surface area (Å²) in [5.74, 6) is 1.34. The molecule has 4 heteroatoms. The molecule has 1 rings (SSSR count). The maximum Gasteiger partial charge on any atom is 0.176 e. The number of Topliss-reactive ketones (excluding diaryl/α,β-unsaturated/α-hetero) is 1. The number of hydrogen-bond donors (Lipinski definition) is 1. The average Bonchev–Trinajstić information content (AvgIpc) is 2.29. The Morgan fingerprint density at radius 3 is 2.12 bits per heavy atom. The Labute approximate surface area is 95.6 Å². The van der Waals surface area contributed by atoms with Crippen molar-refractivity contribution in [3.8, 4) is 11.5 Å². The molecule has 0 aliphatic rings. The second kappa shape index (κ2) is 5.51. The Bertz CT molecular complexity index is 363. The van der Waals surface area contributed by atoms with Crippen LogP contribution in [-0.4, -0.2) is 33.6 Å². The summed E-state index contributed by atoms with van der Waals surface area (Å²) in [6.45, 7) is 2.19. The highest BCUT2D eigenvalue weighted by Crippen LogP contribution is 2.29. The summed E-state index contributed by atoms with van der Waals surface area (Å²) in [4.78, 5) is 11.7. The topological polar surface area (TPSA) is 47.6 Å². The molecule has 0 unspecified atom stereocenters. The molecule has 1 aromatic carbocycles. The number of methoxy groups -OCH3 is 2. The van der Waals surface area contributed by atoms with E-state index in [9.17, 15) is 4.79 Å². The SMILES string of the molecule is CNCC(=O)c1cc(OC)c(C)c(OC)c1. The lowest BCUT2D eigenvalue weighted by Crippen LogP contribution is -2.18. The van der Waals surface area contributed by atoms with E-state index in [-0.39, 0.29) is 5.78 Å². The van der Waals surface area contributed by atoms with E-state index in [1.165, 1.54) is 0 Å². The van der Waals surface area contributed by atoms with Crippen molar-refractivity contribution in [1.29, 1.82) is 0 Å². The van der Waals surface area contributed by atoms with Gasteiger partial charge in [0.15, 0.2) is 5.78 Å². The van der Waals surface area contributed by atoms with Gasteiger partial charge in [-0.15, -0.1) is 0 Å². The monoisotopic (exact) mass is 223 g/mol. The predicted octanol–water partition coefficient (Wildman–Crippen LogP) is 1.41. The summed E-state index contributed by atoms with van der Waals surface area (Å²) >= 11 is 0. The molecule has 0 heterocycles. The Balaban J connectivity index is 3.16. The molecule has 88 valence electrons. The minimum Gasteiger partial charge on any atom is -0.496 e. The molecule has 1 N–H and O–H groups in total. The predicted molar refractivity (Wildman–Crippen MR) is 62.5 cm³/mol. The molecule has 0 radical (unpaired) electrons. The summed E-state index contributed by atoms with van der Waals surface area (Å²) in [5, 5.41) is 2.82. The van der Waals surface area contributed by atoms with Crippen LogP contribution >= 0.6 is 0 Å². The molecule has 0 aliphatic heterocycles. The van der Waals surface area contributed by atoms with Crippen molar-refractivity contribution < 1.29 is 14.3 Å². The van der Waals surface area contributed by atoms with Crippen LogP contribution in [0.25, 0.3) is 0 Å². The molecule has 0 spiro atoms. The smallest absolute Gasteiger partial charge is 0.176 e. The Morgan fingerprint density at radius 2 is 1.75 bits per heavy atom. The molecule has 0 fully saturated rings. The van der Waals surface area contributed by atoms with Gasteiger partial charge < -0.3 is 14.8 Å². The van der Waals surface area contributed by atoms with Crippen molar-refractivity contribution in [2.24, 2.45) is 0 Å². The van der Waals surface area contributed by atoms with Gasteiger partial charge in [0.1, 0.15) is 11.5 Å². The first-order chi connectivity index (χ1) is 7.63. The lowest BCUT2D eigenvalue weighted by molar-refractivity contribution is 0.0993. The van der Waals surface area contributed by atoms with E-state index >= 15 is 0 Å². The number of carbonyl (C=O) groups is 1. The maximum absolute atomic E-state index is 11.7. The van der Waals surface area contributed by atoms with E-state index in [4.69, 9.17) is 9.47 Å². The molecule has 0 atom stereocenters. The van der Waals surface area contributed by atoms with Crippen LogP contribution in [0.1, 0.15) is 15.9 Å². The van der Waals surface area contributed by atoms with E-state index in [2.05, 4.69) is 5.32 Å². The van der Waals surface area contributed by atoms with E-state index in [0.717, 1.165) is 5.56 Å². The minimum absolute atomic E-state index is 0.0131. The Morgan fingerprint density at radius 1 is 1.25 bits per heavy atom. The molecule has 0 saturated heterocycles. The zero-order chi connectivity index (χ0) is 12.1. The van der Waals surface area contributed by atoms with Crippen LogP contribution < -0.4 is 14.8 Å². The van der Waals surface area contributed by atoms with Gasteiger partial charge in [-0.25, -0.2) is 0 Å². The van der Waals surface area contributed by atoms with Gasteiger partial charge in [-0.05, 0) is 26.1 Å². The van der Waals surface area contributed by atoms with Gasteiger partial charge in [-0.2, -0.15) is 0 Å². The largest absolute Gasteiger partial charge is 0.496 e.